The number of rotatable bonds is 4. The number of amides is 3. The van der Waals surface area contributed by atoms with E-state index in [4.69, 9.17) is 5.73 Å². The summed E-state index contributed by atoms with van der Waals surface area (Å²) in [6, 6.07) is 7.24. The molecule has 3 rings (SSSR count). The lowest BCUT2D eigenvalue weighted by Gasteiger charge is -2.32. The second-order valence-corrected chi connectivity index (χ2v) is 6.70. The number of nitrogens with zero attached hydrogens (tertiary/aromatic N) is 1. The molecule has 0 unspecified atom stereocenters. The van der Waals surface area contributed by atoms with Gasteiger partial charge in [0.15, 0.2) is 0 Å². The molecule has 0 aromatic heterocycles. The number of para-hydroxylation sites is 1. The third kappa shape index (κ3) is 3.33. The Bertz CT molecular complexity index is 649. The van der Waals surface area contributed by atoms with Crippen molar-refractivity contribution >= 4 is 23.4 Å². The van der Waals surface area contributed by atoms with Crippen LogP contribution in [0.2, 0.25) is 0 Å². The molecule has 1 saturated heterocycles. The van der Waals surface area contributed by atoms with Crippen molar-refractivity contribution in [3.63, 3.8) is 0 Å². The highest BCUT2D eigenvalue weighted by Gasteiger charge is 2.36. The van der Waals surface area contributed by atoms with E-state index in [1.54, 1.807) is 6.07 Å². The number of carbonyl (C=O) groups is 3. The van der Waals surface area contributed by atoms with E-state index in [9.17, 15) is 14.4 Å². The van der Waals surface area contributed by atoms with Gasteiger partial charge in [0.25, 0.3) is 0 Å². The van der Waals surface area contributed by atoms with Gasteiger partial charge in [-0.15, -0.1) is 0 Å². The maximum atomic E-state index is 12.6. The third-order valence-corrected chi connectivity index (χ3v) is 4.95. The van der Waals surface area contributed by atoms with Gasteiger partial charge in [-0.3, -0.25) is 19.3 Å². The first-order valence-electron chi connectivity index (χ1n) is 8.51. The average molecular weight is 329 g/mol. The molecule has 0 bridgehead atoms. The summed E-state index contributed by atoms with van der Waals surface area (Å²) in [5.41, 5.74) is 6.81. The van der Waals surface area contributed by atoms with E-state index in [1.807, 2.05) is 18.2 Å². The summed E-state index contributed by atoms with van der Waals surface area (Å²) in [7, 11) is 0. The van der Waals surface area contributed by atoms with Gasteiger partial charge in [-0.1, -0.05) is 37.5 Å². The van der Waals surface area contributed by atoms with Crippen LogP contribution >= 0.6 is 0 Å². The Morgan fingerprint density at radius 3 is 2.38 bits per heavy atom. The second kappa shape index (κ2) is 6.73. The number of benzene rings is 1. The minimum absolute atomic E-state index is 0.163. The Kier molecular flexibility index (Phi) is 4.66. The summed E-state index contributed by atoms with van der Waals surface area (Å²) in [6.45, 7) is 0.186. The minimum atomic E-state index is -0.829. The zero-order valence-electron chi connectivity index (χ0n) is 13.7. The van der Waals surface area contributed by atoms with Crippen LogP contribution < -0.4 is 11.1 Å². The van der Waals surface area contributed by atoms with Gasteiger partial charge < -0.3 is 11.1 Å². The van der Waals surface area contributed by atoms with Crippen LogP contribution in [0.1, 0.15) is 50.5 Å². The molecule has 6 heteroatoms. The summed E-state index contributed by atoms with van der Waals surface area (Å²) < 4.78 is 0. The summed E-state index contributed by atoms with van der Waals surface area (Å²) in [4.78, 5) is 37.5. The van der Waals surface area contributed by atoms with E-state index in [2.05, 4.69) is 5.32 Å². The lowest BCUT2D eigenvalue weighted by molar-refractivity contribution is -0.139. The van der Waals surface area contributed by atoms with Gasteiger partial charge in [-0.25, -0.2) is 0 Å². The van der Waals surface area contributed by atoms with Gasteiger partial charge in [0.1, 0.15) is 0 Å². The largest absolute Gasteiger partial charge is 0.324 e. The fourth-order valence-electron chi connectivity index (χ4n) is 3.41. The van der Waals surface area contributed by atoms with E-state index in [0.29, 0.717) is 18.5 Å². The van der Waals surface area contributed by atoms with E-state index in [1.165, 1.54) is 4.90 Å². The van der Waals surface area contributed by atoms with Crippen molar-refractivity contribution in [2.45, 2.75) is 57.0 Å². The molecule has 3 amide bonds. The zero-order chi connectivity index (χ0) is 17.2. The number of hydrogen-bond donors (Lipinski definition) is 2. The first-order chi connectivity index (χ1) is 11.5. The number of hydrogen-bond acceptors (Lipinski definition) is 4. The van der Waals surface area contributed by atoms with Gasteiger partial charge in [-0.2, -0.15) is 0 Å². The summed E-state index contributed by atoms with van der Waals surface area (Å²) in [5.74, 6) is -0.513. The number of nitrogens with two attached hydrogens (primary N) is 1. The molecular weight excluding hydrogens is 306 g/mol. The van der Waals surface area contributed by atoms with Gasteiger partial charge >= 0.3 is 0 Å². The molecule has 24 heavy (non-hydrogen) atoms. The molecular formula is C18H23N3O3. The Morgan fingerprint density at radius 2 is 1.71 bits per heavy atom. The van der Waals surface area contributed by atoms with Crippen LogP contribution in [0.15, 0.2) is 24.3 Å². The molecule has 0 radical (unpaired) electrons. The average Bonchev–Trinajstić information content (AvgIpc) is 2.89. The van der Waals surface area contributed by atoms with Gasteiger partial charge in [0.05, 0.1) is 12.1 Å². The lowest BCUT2D eigenvalue weighted by Crippen LogP contribution is -2.52. The van der Waals surface area contributed by atoms with Crippen LogP contribution in [0.5, 0.6) is 0 Å². The highest BCUT2D eigenvalue weighted by Crippen LogP contribution is 2.28. The number of anilines is 1. The zero-order valence-corrected chi connectivity index (χ0v) is 13.7. The van der Waals surface area contributed by atoms with Crippen molar-refractivity contribution in [1.29, 1.82) is 0 Å². The van der Waals surface area contributed by atoms with Crippen molar-refractivity contribution in [1.82, 2.24) is 4.90 Å². The molecule has 1 heterocycles. The molecule has 1 aromatic carbocycles. The fraction of sp³-hybridized carbons (Fsp3) is 0.500. The Balaban J connectivity index is 1.75. The summed E-state index contributed by atoms with van der Waals surface area (Å²) in [6.07, 6.45) is 4.93. The quantitative estimate of drug-likeness (QED) is 0.826. The maximum absolute atomic E-state index is 12.6. The van der Waals surface area contributed by atoms with Crippen molar-refractivity contribution < 1.29 is 14.4 Å². The van der Waals surface area contributed by atoms with E-state index < -0.39 is 5.54 Å². The van der Waals surface area contributed by atoms with Crippen LogP contribution in [0.25, 0.3) is 0 Å². The minimum Gasteiger partial charge on any atom is -0.324 e. The Hall–Kier alpha value is -2.21. The van der Waals surface area contributed by atoms with Gasteiger partial charge in [-0.05, 0) is 24.5 Å². The molecule has 3 N–H and O–H groups in total. The fourth-order valence-corrected chi connectivity index (χ4v) is 3.41. The molecule has 0 atom stereocenters. The van der Waals surface area contributed by atoms with E-state index >= 15 is 0 Å². The van der Waals surface area contributed by atoms with Gasteiger partial charge in [0.2, 0.25) is 17.7 Å². The highest BCUT2D eigenvalue weighted by molar-refractivity contribution is 6.02. The standard InChI is InChI=1S/C18H23N3O3/c19-18(10-4-1-5-11-18)17(24)20-14-7-3-2-6-13(14)12-21-15(22)8-9-16(21)23/h2-3,6-7H,1,4-5,8-12,19H2,(H,20,24). The Morgan fingerprint density at radius 1 is 1.08 bits per heavy atom. The summed E-state index contributed by atoms with van der Waals surface area (Å²) >= 11 is 0. The van der Waals surface area contributed by atoms with Crippen LogP contribution in [-0.2, 0) is 20.9 Å². The molecule has 1 aromatic rings. The van der Waals surface area contributed by atoms with Crippen LogP contribution in [0.4, 0.5) is 5.69 Å². The van der Waals surface area contributed by atoms with Crippen LogP contribution in [-0.4, -0.2) is 28.2 Å². The van der Waals surface area contributed by atoms with Crippen molar-refractivity contribution in [3.8, 4) is 0 Å². The van der Waals surface area contributed by atoms with E-state index in [-0.39, 0.29) is 37.1 Å². The molecule has 128 valence electrons. The van der Waals surface area contributed by atoms with Crippen molar-refractivity contribution in [2.75, 3.05) is 5.32 Å². The molecule has 2 fully saturated rings. The first kappa shape index (κ1) is 16.6. The smallest absolute Gasteiger partial charge is 0.244 e. The molecule has 1 saturated carbocycles. The first-order valence-corrected chi connectivity index (χ1v) is 8.51. The van der Waals surface area contributed by atoms with Crippen molar-refractivity contribution in [3.05, 3.63) is 29.8 Å². The predicted octanol–water partition coefficient (Wildman–Crippen LogP) is 1.94. The molecule has 6 nitrogen and oxygen atoms in total. The molecule has 1 aliphatic carbocycles. The number of likely N-dealkylation sites (tertiary alicyclic amines) is 1. The highest BCUT2D eigenvalue weighted by atomic mass is 16.2. The molecule has 2 aliphatic rings. The second-order valence-electron chi connectivity index (χ2n) is 6.70. The predicted molar refractivity (Wildman–Crippen MR) is 89.9 cm³/mol. The van der Waals surface area contributed by atoms with Crippen molar-refractivity contribution in [2.24, 2.45) is 5.73 Å². The van der Waals surface area contributed by atoms with Crippen LogP contribution in [0.3, 0.4) is 0 Å². The monoisotopic (exact) mass is 329 g/mol. The molecule has 1 aliphatic heterocycles. The van der Waals surface area contributed by atoms with Gasteiger partial charge in [0, 0.05) is 18.5 Å². The number of carbonyl (C=O) groups excluding carboxylic acids is 3. The van der Waals surface area contributed by atoms with E-state index in [0.717, 1.165) is 24.8 Å². The third-order valence-electron chi connectivity index (χ3n) is 4.95. The Labute approximate surface area is 141 Å². The summed E-state index contributed by atoms with van der Waals surface area (Å²) in [5, 5.41) is 2.91. The number of nitrogens with one attached hydrogen (secondary N) is 1. The van der Waals surface area contributed by atoms with Crippen LogP contribution in [0, 0.1) is 0 Å². The topological polar surface area (TPSA) is 92.5 Å². The number of imide groups is 1. The SMILES string of the molecule is NC1(C(=O)Nc2ccccc2CN2C(=O)CCC2=O)CCCCC1. The maximum Gasteiger partial charge on any atom is 0.244 e. The lowest BCUT2D eigenvalue weighted by atomic mass is 9.82. The normalized spacial score (nSPS) is 20.3. The molecule has 0 spiro atoms.